The molecule has 1 aromatic rings. The Labute approximate surface area is 69.4 Å². The van der Waals surface area contributed by atoms with E-state index in [0.29, 0.717) is 0 Å². The summed E-state index contributed by atoms with van der Waals surface area (Å²) < 4.78 is 0. The van der Waals surface area contributed by atoms with Gasteiger partial charge in [0.1, 0.15) is 7.85 Å². The van der Waals surface area contributed by atoms with Crippen molar-refractivity contribution in [3.8, 4) is 0 Å². The van der Waals surface area contributed by atoms with Crippen LogP contribution in [0.5, 0.6) is 0 Å². The number of hydrogen-bond acceptors (Lipinski definition) is 0. The molecule has 0 bridgehead atoms. The fourth-order valence-electron chi connectivity index (χ4n) is 1.13. The van der Waals surface area contributed by atoms with Gasteiger partial charge >= 0.3 is 0 Å². The minimum atomic E-state index is 0.826. The van der Waals surface area contributed by atoms with Crippen molar-refractivity contribution >= 4 is 19.4 Å². The van der Waals surface area contributed by atoms with Crippen molar-refractivity contribution in [2.24, 2.45) is 0 Å². The fraction of sp³-hybridized carbons (Fsp3) is 0.200. The third-order valence-corrected chi connectivity index (χ3v) is 1.77. The van der Waals surface area contributed by atoms with E-state index in [2.05, 4.69) is 13.5 Å². The molecule has 0 heterocycles. The van der Waals surface area contributed by atoms with Gasteiger partial charge in [0.2, 0.25) is 0 Å². The molecule has 0 atom stereocenters. The van der Waals surface area contributed by atoms with Gasteiger partial charge in [0.25, 0.3) is 0 Å². The zero-order valence-corrected chi connectivity index (χ0v) is 6.80. The first kappa shape index (κ1) is 8.12. The highest BCUT2D eigenvalue weighted by Crippen LogP contribution is 2.08. The Kier molecular flexibility index (Phi) is 2.53. The molecule has 0 N–H and O–H groups in total. The zero-order valence-electron chi connectivity index (χ0n) is 6.80. The van der Waals surface area contributed by atoms with E-state index in [-0.39, 0.29) is 0 Å². The molecule has 0 spiro atoms. The van der Waals surface area contributed by atoms with Crippen LogP contribution >= 0.6 is 0 Å². The highest BCUT2D eigenvalue weighted by molar-refractivity contribution is 6.32. The Morgan fingerprint density at radius 2 is 2.27 bits per heavy atom. The summed E-state index contributed by atoms with van der Waals surface area (Å²) in [7, 11) is 5.62. The Morgan fingerprint density at radius 1 is 1.55 bits per heavy atom. The van der Waals surface area contributed by atoms with Crippen molar-refractivity contribution in [2.45, 2.75) is 13.3 Å². The SMILES string of the molecule is [B]c1ccc(C=C)c(CC)c1. The van der Waals surface area contributed by atoms with E-state index in [1.165, 1.54) is 11.1 Å². The molecule has 0 fully saturated rings. The topological polar surface area (TPSA) is 0 Å². The summed E-state index contributed by atoms with van der Waals surface area (Å²) in [6.45, 7) is 5.84. The number of rotatable bonds is 2. The molecule has 11 heavy (non-hydrogen) atoms. The summed E-state index contributed by atoms with van der Waals surface area (Å²) in [4.78, 5) is 0. The summed E-state index contributed by atoms with van der Waals surface area (Å²) in [5.74, 6) is 0. The molecule has 1 heteroatoms. The number of aryl methyl sites for hydroxylation is 1. The van der Waals surface area contributed by atoms with Crippen molar-refractivity contribution in [1.29, 1.82) is 0 Å². The minimum Gasteiger partial charge on any atom is -0.0985 e. The average Bonchev–Trinajstić information content (AvgIpc) is 2.04. The maximum atomic E-state index is 5.62. The van der Waals surface area contributed by atoms with Crippen LogP contribution in [0, 0.1) is 0 Å². The van der Waals surface area contributed by atoms with E-state index in [1.54, 1.807) is 0 Å². The molecule has 0 saturated carbocycles. The van der Waals surface area contributed by atoms with Crippen molar-refractivity contribution in [3.05, 3.63) is 35.9 Å². The minimum absolute atomic E-state index is 0.826. The second-order valence-electron chi connectivity index (χ2n) is 2.52. The average molecular weight is 142 g/mol. The lowest BCUT2D eigenvalue weighted by atomic mass is 9.91. The van der Waals surface area contributed by atoms with Crippen LogP contribution < -0.4 is 5.46 Å². The van der Waals surface area contributed by atoms with Gasteiger partial charge in [-0.05, 0) is 17.5 Å². The van der Waals surface area contributed by atoms with Crippen LogP contribution in [0.25, 0.3) is 6.08 Å². The Hall–Kier alpha value is -0.975. The van der Waals surface area contributed by atoms with E-state index in [0.717, 1.165) is 11.9 Å². The van der Waals surface area contributed by atoms with E-state index < -0.39 is 0 Å². The molecule has 0 nitrogen and oxygen atoms in total. The summed E-state index contributed by atoms with van der Waals surface area (Å²) in [5, 5.41) is 0. The van der Waals surface area contributed by atoms with Gasteiger partial charge in [-0.1, -0.05) is 43.2 Å². The summed E-state index contributed by atoms with van der Waals surface area (Å²) in [6, 6.07) is 5.90. The monoisotopic (exact) mass is 142 g/mol. The van der Waals surface area contributed by atoms with Crippen molar-refractivity contribution in [1.82, 2.24) is 0 Å². The largest absolute Gasteiger partial charge is 0.113 e. The lowest BCUT2D eigenvalue weighted by Crippen LogP contribution is -2.03. The molecular weight excluding hydrogens is 131 g/mol. The second kappa shape index (κ2) is 3.43. The van der Waals surface area contributed by atoms with Gasteiger partial charge in [-0.3, -0.25) is 0 Å². The van der Waals surface area contributed by atoms with Crippen molar-refractivity contribution in [2.75, 3.05) is 0 Å². The molecule has 0 aliphatic rings. The summed E-state index contributed by atoms with van der Waals surface area (Å²) >= 11 is 0. The smallest absolute Gasteiger partial charge is 0.0985 e. The normalized spacial score (nSPS) is 9.55. The van der Waals surface area contributed by atoms with Crippen LogP contribution in [0.2, 0.25) is 0 Å². The first-order valence-corrected chi connectivity index (χ1v) is 3.78. The van der Waals surface area contributed by atoms with Crippen molar-refractivity contribution in [3.63, 3.8) is 0 Å². The fourth-order valence-corrected chi connectivity index (χ4v) is 1.13. The highest BCUT2D eigenvalue weighted by atomic mass is 14.0. The van der Waals surface area contributed by atoms with Gasteiger partial charge in [-0.15, -0.1) is 0 Å². The van der Waals surface area contributed by atoms with Gasteiger partial charge in [-0.25, -0.2) is 0 Å². The van der Waals surface area contributed by atoms with Crippen LogP contribution in [-0.4, -0.2) is 7.85 Å². The molecule has 0 aliphatic heterocycles. The van der Waals surface area contributed by atoms with Gasteiger partial charge in [0, 0.05) is 0 Å². The van der Waals surface area contributed by atoms with Gasteiger partial charge in [0.05, 0.1) is 0 Å². The van der Waals surface area contributed by atoms with E-state index in [9.17, 15) is 0 Å². The van der Waals surface area contributed by atoms with Gasteiger partial charge < -0.3 is 0 Å². The molecule has 1 aromatic carbocycles. The van der Waals surface area contributed by atoms with Crippen molar-refractivity contribution < 1.29 is 0 Å². The number of hydrogen-bond donors (Lipinski definition) is 0. The van der Waals surface area contributed by atoms with Gasteiger partial charge in [0.15, 0.2) is 0 Å². The molecule has 0 unspecified atom stereocenters. The quantitative estimate of drug-likeness (QED) is 0.551. The zero-order chi connectivity index (χ0) is 8.27. The van der Waals surface area contributed by atoms with Gasteiger partial charge in [-0.2, -0.15) is 0 Å². The van der Waals surface area contributed by atoms with E-state index >= 15 is 0 Å². The van der Waals surface area contributed by atoms with Crippen LogP contribution in [0.4, 0.5) is 0 Å². The maximum Gasteiger partial charge on any atom is 0.113 e. The predicted octanol–water partition coefficient (Wildman–Crippen LogP) is 1.69. The predicted molar refractivity (Wildman–Crippen MR) is 51.3 cm³/mol. The first-order valence-electron chi connectivity index (χ1n) is 3.78. The highest BCUT2D eigenvalue weighted by Gasteiger charge is 1.95. The van der Waals surface area contributed by atoms with Crippen LogP contribution in [0.15, 0.2) is 24.8 Å². The van der Waals surface area contributed by atoms with E-state index in [1.807, 2.05) is 24.3 Å². The Morgan fingerprint density at radius 3 is 2.82 bits per heavy atom. The maximum absolute atomic E-state index is 5.62. The molecule has 0 saturated heterocycles. The summed E-state index contributed by atoms with van der Waals surface area (Å²) in [5.41, 5.74) is 3.27. The van der Waals surface area contributed by atoms with Crippen LogP contribution in [-0.2, 0) is 6.42 Å². The van der Waals surface area contributed by atoms with E-state index in [4.69, 9.17) is 7.85 Å². The lowest BCUT2D eigenvalue weighted by Gasteiger charge is -2.03. The third kappa shape index (κ3) is 1.73. The summed E-state index contributed by atoms with van der Waals surface area (Å²) in [6.07, 6.45) is 2.87. The molecule has 54 valence electrons. The number of benzene rings is 1. The lowest BCUT2D eigenvalue weighted by molar-refractivity contribution is 1.14. The van der Waals surface area contributed by atoms with Crippen LogP contribution in [0.3, 0.4) is 0 Å². The standard InChI is InChI=1S/C10H11B/c1-3-8-5-6-10(11)7-9(8)4-2/h3,5-7H,1,4H2,2H3. The molecule has 0 aromatic heterocycles. The molecule has 2 radical (unpaired) electrons. The second-order valence-corrected chi connectivity index (χ2v) is 2.52. The Balaban J connectivity index is 3.16. The molecule has 1 rings (SSSR count). The molecule has 0 amide bonds. The third-order valence-electron chi connectivity index (χ3n) is 1.77. The van der Waals surface area contributed by atoms with Crippen LogP contribution in [0.1, 0.15) is 18.1 Å². The molecule has 0 aliphatic carbocycles. The first-order chi connectivity index (χ1) is 5.27. The molecular formula is C10H11B. The Bertz CT molecular complexity index is 264.